The number of halogens is 2. The predicted molar refractivity (Wildman–Crippen MR) is 73.4 cm³/mol. The van der Waals surface area contributed by atoms with Crippen molar-refractivity contribution in [2.45, 2.75) is 32.4 Å². The van der Waals surface area contributed by atoms with Crippen LogP contribution in [0, 0.1) is 0 Å². The van der Waals surface area contributed by atoms with E-state index < -0.39 is 0 Å². The molecule has 17 heavy (non-hydrogen) atoms. The van der Waals surface area contributed by atoms with Gasteiger partial charge in [-0.1, -0.05) is 23.7 Å². The summed E-state index contributed by atoms with van der Waals surface area (Å²) in [5.74, 6) is 0.0345. The van der Waals surface area contributed by atoms with Gasteiger partial charge in [-0.25, -0.2) is 0 Å². The van der Waals surface area contributed by atoms with Crippen molar-refractivity contribution in [2.24, 2.45) is 5.73 Å². The van der Waals surface area contributed by atoms with Gasteiger partial charge in [0.2, 0.25) is 5.91 Å². The van der Waals surface area contributed by atoms with Crippen molar-refractivity contribution in [2.75, 3.05) is 0 Å². The molecule has 0 bridgehead atoms. The van der Waals surface area contributed by atoms with Crippen LogP contribution < -0.4 is 11.1 Å². The number of hydrogen-bond donors (Lipinski definition) is 2. The van der Waals surface area contributed by atoms with E-state index in [0.717, 1.165) is 5.56 Å². The van der Waals surface area contributed by atoms with Gasteiger partial charge in [-0.05, 0) is 31.0 Å². The Bertz CT molecular complexity index is 339. The summed E-state index contributed by atoms with van der Waals surface area (Å²) in [5, 5.41) is 3.54. The molecular formula is C12H18Cl2N2O. The topological polar surface area (TPSA) is 55.1 Å². The first kappa shape index (κ1) is 16.2. The molecule has 0 radical (unpaired) electrons. The van der Waals surface area contributed by atoms with Gasteiger partial charge in [-0.15, -0.1) is 12.4 Å². The molecule has 0 aliphatic carbocycles. The molecule has 0 aliphatic heterocycles. The Hall–Kier alpha value is -0.770. The van der Waals surface area contributed by atoms with E-state index in [1.54, 1.807) is 0 Å². The summed E-state index contributed by atoms with van der Waals surface area (Å²) in [6.07, 6.45) is 1.19. The molecule has 3 nitrogen and oxygen atoms in total. The van der Waals surface area contributed by atoms with Gasteiger partial charge in [-0.2, -0.15) is 0 Å². The maximum absolute atomic E-state index is 11.4. The lowest BCUT2D eigenvalue weighted by atomic mass is 10.2. The maximum Gasteiger partial charge on any atom is 0.220 e. The van der Waals surface area contributed by atoms with E-state index in [0.29, 0.717) is 24.4 Å². The van der Waals surface area contributed by atoms with Gasteiger partial charge >= 0.3 is 0 Å². The van der Waals surface area contributed by atoms with Crippen LogP contribution in [-0.4, -0.2) is 11.9 Å². The highest BCUT2D eigenvalue weighted by Gasteiger charge is 2.03. The van der Waals surface area contributed by atoms with E-state index >= 15 is 0 Å². The number of hydrogen-bond acceptors (Lipinski definition) is 2. The third-order valence-electron chi connectivity index (χ3n) is 2.23. The molecule has 1 aromatic carbocycles. The third-order valence-corrected chi connectivity index (χ3v) is 2.48. The molecule has 0 saturated heterocycles. The summed E-state index contributed by atoms with van der Waals surface area (Å²) in [4.78, 5) is 11.4. The second-order valence-electron chi connectivity index (χ2n) is 3.92. The van der Waals surface area contributed by atoms with Crippen LogP contribution in [0.4, 0.5) is 0 Å². The Morgan fingerprint density at radius 3 is 2.53 bits per heavy atom. The van der Waals surface area contributed by atoms with Gasteiger partial charge in [0.25, 0.3) is 0 Å². The van der Waals surface area contributed by atoms with E-state index in [1.807, 2.05) is 31.2 Å². The highest BCUT2D eigenvalue weighted by Crippen LogP contribution is 2.09. The number of carbonyl (C=O) groups is 1. The molecule has 96 valence electrons. The number of nitrogens with one attached hydrogen (secondary N) is 1. The van der Waals surface area contributed by atoms with Gasteiger partial charge in [0.15, 0.2) is 0 Å². The van der Waals surface area contributed by atoms with Gasteiger partial charge in [-0.3, -0.25) is 4.79 Å². The highest BCUT2D eigenvalue weighted by atomic mass is 35.5. The van der Waals surface area contributed by atoms with Crippen LogP contribution >= 0.6 is 24.0 Å². The predicted octanol–water partition coefficient (Wildman–Crippen LogP) is 2.51. The molecule has 0 heterocycles. The Morgan fingerprint density at radius 2 is 2.00 bits per heavy atom. The Labute approximate surface area is 113 Å². The van der Waals surface area contributed by atoms with Crippen molar-refractivity contribution < 1.29 is 4.79 Å². The monoisotopic (exact) mass is 276 g/mol. The van der Waals surface area contributed by atoms with Gasteiger partial charge in [0.1, 0.15) is 0 Å². The first-order valence-corrected chi connectivity index (χ1v) is 5.72. The number of amides is 1. The fourth-order valence-corrected chi connectivity index (χ4v) is 1.38. The summed E-state index contributed by atoms with van der Waals surface area (Å²) in [6.45, 7) is 2.43. The van der Waals surface area contributed by atoms with E-state index in [9.17, 15) is 4.79 Å². The SMILES string of the molecule is CC(N)CCC(=O)NCc1ccc(Cl)cc1.Cl. The maximum atomic E-state index is 11.4. The average molecular weight is 277 g/mol. The third kappa shape index (κ3) is 7.21. The standard InChI is InChI=1S/C12H17ClN2O.ClH/c1-9(14)2-7-12(16)15-8-10-3-5-11(13)6-4-10;/h3-6,9H,2,7-8,14H2,1H3,(H,15,16);1H. The minimum atomic E-state index is 0. The largest absolute Gasteiger partial charge is 0.352 e. The van der Waals surface area contributed by atoms with Crippen molar-refractivity contribution in [1.82, 2.24) is 5.32 Å². The second-order valence-corrected chi connectivity index (χ2v) is 4.36. The molecule has 0 fully saturated rings. The van der Waals surface area contributed by atoms with Crippen molar-refractivity contribution in [3.05, 3.63) is 34.9 Å². The van der Waals surface area contributed by atoms with Crippen LogP contribution in [0.15, 0.2) is 24.3 Å². The summed E-state index contributed by atoms with van der Waals surface area (Å²) in [7, 11) is 0. The molecule has 3 N–H and O–H groups in total. The summed E-state index contributed by atoms with van der Waals surface area (Å²) in [5.41, 5.74) is 6.61. The summed E-state index contributed by atoms with van der Waals surface area (Å²) < 4.78 is 0. The Balaban J connectivity index is 0.00000256. The van der Waals surface area contributed by atoms with Crippen LogP contribution in [-0.2, 0) is 11.3 Å². The average Bonchev–Trinajstić information content (AvgIpc) is 2.25. The zero-order chi connectivity index (χ0) is 12.0. The number of carbonyl (C=O) groups excluding carboxylic acids is 1. The zero-order valence-corrected chi connectivity index (χ0v) is 11.4. The molecule has 0 spiro atoms. The lowest BCUT2D eigenvalue weighted by molar-refractivity contribution is -0.121. The van der Waals surface area contributed by atoms with Crippen LogP contribution in [0.25, 0.3) is 0 Å². The van der Waals surface area contributed by atoms with Crippen molar-refractivity contribution >= 4 is 29.9 Å². The van der Waals surface area contributed by atoms with Crippen LogP contribution in [0.1, 0.15) is 25.3 Å². The Kier molecular flexibility index (Phi) is 7.96. The molecule has 1 atom stereocenters. The number of benzene rings is 1. The van der Waals surface area contributed by atoms with Crippen molar-refractivity contribution in [3.63, 3.8) is 0 Å². The smallest absolute Gasteiger partial charge is 0.220 e. The van der Waals surface area contributed by atoms with E-state index in [-0.39, 0.29) is 24.4 Å². The molecule has 0 saturated carbocycles. The van der Waals surface area contributed by atoms with Gasteiger partial charge < -0.3 is 11.1 Å². The second kappa shape index (κ2) is 8.34. The first-order chi connectivity index (χ1) is 7.58. The lowest BCUT2D eigenvalue weighted by Crippen LogP contribution is -2.25. The Morgan fingerprint density at radius 1 is 1.41 bits per heavy atom. The van der Waals surface area contributed by atoms with E-state index in [1.165, 1.54) is 0 Å². The fourth-order valence-electron chi connectivity index (χ4n) is 1.25. The van der Waals surface area contributed by atoms with Gasteiger partial charge in [0, 0.05) is 24.0 Å². The number of rotatable bonds is 5. The molecule has 0 aliphatic rings. The molecular weight excluding hydrogens is 259 g/mol. The van der Waals surface area contributed by atoms with Gasteiger partial charge in [0.05, 0.1) is 0 Å². The normalized spacial score (nSPS) is 11.5. The van der Waals surface area contributed by atoms with E-state index in [4.69, 9.17) is 17.3 Å². The van der Waals surface area contributed by atoms with Crippen LogP contribution in [0.2, 0.25) is 5.02 Å². The molecule has 1 rings (SSSR count). The summed E-state index contributed by atoms with van der Waals surface area (Å²) >= 11 is 5.76. The first-order valence-electron chi connectivity index (χ1n) is 5.34. The van der Waals surface area contributed by atoms with Crippen molar-refractivity contribution in [1.29, 1.82) is 0 Å². The molecule has 1 unspecified atom stereocenters. The minimum Gasteiger partial charge on any atom is -0.352 e. The molecule has 5 heteroatoms. The molecule has 1 amide bonds. The minimum absolute atomic E-state index is 0. The van der Waals surface area contributed by atoms with Crippen molar-refractivity contribution in [3.8, 4) is 0 Å². The fraction of sp³-hybridized carbons (Fsp3) is 0.417. The van der Waals surface area contributed by atoms with E-state index in [2.05, 4.69) is 5.32 Å². The quantitative estimate of drug-likeness (QED) is 0.868. The lowest BCUT2D eigenvalue weighted by Gasteiger charge is -2.07. The zero-order valence-electron chi connectivity index (χ0n) is 9.78. The molecule has 0 aromatic heterocycles. The number of nitrogens with two attached hydrogens (primary N) is 1. The highest BCUT2D eigenvalue weighted by molar-refractivity contribution is 6.30. The van der Waals surface area contributed by atoms with Crippen LogP contribution in [0.3, 0.4) is 0 Å². The molecule has 1 aromatic rings. The summed E-state index contributed by atoms with van der Waals surface area (Å²) in [6, 6.07) is 7.49. The van der Waals surface area contributed by atoms with Crippen LogP contribution in [0.5, 0.6) is 0 Å².